The second-order valence-electron chi connectivity index (χ2n) is 21.5. The molecule has 0 N–H and O–H groups in total. The molecule has 0 aromatic heterocycles. The van der Waals surface area contributed by atoms with Gasteiger partial charge >= 0.3 is 0 Å². The standard InChI is InChI=1S/C60H61N/c1-55(2)48-26-18-16-23-43(48)46-35-39(30-33-50(46)57(55,5)6)61(40-31-34-51-47(36-40)44-24-17-19-27-49(44)56(3,4)58(51,7)8)41-29-32-45-53(37-41)60(11,12)59(9,10)52-28-20-25-42(54(45)52)38-21-14-13-15-22-38/h13-37H,1-12H3. The van der Waals surface area contributed by atoms with Crippen molar-refractivity contribution in [2.24, 2.45) is 0 Å². The van der Waals surface area contributed by atoms with E-state index in [1.54, 1.807) is 0 Å². The number of hydrogen-bond acceptors (Lipinski definition) is 1. The molecule has 7 aromatic rings. The maximum absolute atomic E-state index is 2.55. The lowest BCUT2D eigenvalue weighted by molar-refractivity contribution is 0.299. The van der Waals surface area contributed by atoms with E-state index in [0.717, 1.165) is 0 Å². The summed E-state index contributed by atoms with van der Waals surface area (Å²) in [6.07, 6.45) is 0. The van der Waals surface area contributed by atoms with Gasteiger partial charge in [0.05, 0.1) is 0 Å². The highest BCUT2D eigenvalue weighted by Crippen LogP contribution is 2.59. The maximum atomic E-state index is 2.55. The van der Waals surface area contributed by atoms with E-state index >= 15 is 0 Å². The van der Waals surface area contributed by atoms with Crippen molar-refractivity contribution in [1.82, 2.24) is 0 Å². The molecule has 0 radical (unpaired) electrons. The topological polar surface area (TPSA) is 3.24 Å². The minimum Gasteiger partial charge on any atom is -0.310 e. The summed E-state index contributed by atoms with van der Waals surface area (Å²) in [6, 6.07) is 58.1. The fraction of sp³-hybridized carbons (Fsp3) is 0.300. The summed E-state index contributed by atoms with van der Waals surface area (Å²) in [5, 5.41) is 0. The molecular formula is C60H61N. The zero-order valence-corrected chi connectivity index (χ0v) is 38.4. The lowest BCUT2D eigenvalue weighted by Crippen LogP contribution is -2.44. The van der Waals surface area contributed by atoms with Crippen LogP contribution in [-0.4, -0.2) is 0 Å². The highest BCUT2D eigenvalue weighted by Gasteiger charge is 2.49. The van der Waals surface area contributed by atoms with Gasteiger partial charge in [0.25, 0.3) is 0 Å². The predicted octanol–water partition coefficient (Wildman–Crippen LogP) is 16.5. The average Bonchev–Trinajstić information content (AvgIpc) is 3.25. The van der Waals surface area contributed by atoms with Crippen LogP contribution in [0.25, 0.3) is 44.5 Å². The predicted molar refractivity (Wildman–Crippen MR) is 261 cm³/mol. The fourth-order valence-corrected chi connectivity index (χ4v) is 11.5. The zero-order chi connectivity index (χ0) is 43.1. The molecule has 0 unspecified atom stereocenters. The van der Waals surface area contributed by atoms with Crippen LogP contribution >= 0.6 is 0 Å². The van der Waals surface area contributed by atoms with E-state index in [9.17, 15) is 0 Å². The second-order valence-corrected chi connectivity index (χ2v) is 21.5. The Bertz CT molecular complexity index is 2790. The minimum atomic E-state index is -0.166. The van der Waals surface area contributed by atoms with Gasteiger partial charge in [-0.05, 0) is 147 Å². The number of fused-ring (bicyclic) bond motifs is 9. The van der Waals surface area contributed by atoms with Crippen LogP contribution in [0.3, 0.4) is 0 Å². The lowest BCUT2D eigenvalue weighted by Gasteiger charge is -2.49. The normalized spacial score (nSPS) is 18.6. The molecule has 61 heavy (non-hydrogen) atoms. The summed E-state index contributed by atoms with van der Waals surface area (Å²) < 4.78 is 0. The minimum absolute atomic E-state index is 0.0317. The van der Waals surface area contributed by atoms with Crippen LogP contribution in [0.15, 0.2) is 152 Å². The smallest absolute Gasteiger partial charge is 0.0468 e. The van der Waals surface area contributed by atoms with Crippen LogP contribution in [0.1, 0.15) is 116 Å². The molecule has 0 aliphatic heterocycles. The molecule has 0 saturated carbocycles. The Balaban J connectivity index is 1.24. The second kappa shape index (κ2) is 12.9. The van der Waals surface area contributed by atoms with E-state index < -0.39 is 0 Å². The van der Waals surface area contributed by atoms with E-state index in [-0.39, 0.29) is 32.5 Å². The Morgan fingerprint density at radius 3 is 1.16 bits per heavy atom. The molecular weight excluding hydrogens is 735 g/mol. The third-order valence-corrected chi connectivity index (χ3v) is 17.4. The van der Waals surface area contributed by atoms with Gasteiger partial charge in [-0.25, -0.2) is 0 Å². The number of hydrogen-bond donors (Lipinski definition) is 0. The molecule has 1 heteroatoms. The zero-order valence-electron chi connectivity index (χ0n) is 38.4. The molecule has 0 atom stereocenters. The van der Waals surface area contributed by atoms with Crippen molar-refractivity contribution in [3.05, 3.63) is 185 Å². The van der Waals surface area contributed by atoms with Crippen LogP contribution < -0.4 is 4.90 Å². The van der Waals surface area contributed by atoms with Gasteiger partial charge < -0.3 is 4.90 Å². The van der Waals surface area contributed by atoms with Crippen molar-refractivity contribution in [2.45, 2.75) is 116 Å². The fourth-order valence-electron chi connectivity index (χ4n) is 11.5. The van der Waals surface area contributed by atoms with Gasteiger partial charge in [-0.3, -0.25) is 0 Å². The summed E-state index contributed by atoms with van der Waals surface area (Å²) in [5.74, 6) is 0. The monoisotopic (exact) mass is 795 g/mol. The first kappa shape index (κ1) is 39.5. The third kappa shape index (κ3) is 5.25. The van der Waals surface area contributed by atoms with E-state index in [4.69, 9.17) is 0 Å². The van der Waals surface area contributed by atoms with Crippen LogP contribution in [0.2, 0.25) is 0 Å². The molecule has 0 saturated heterocycles. The molecule has 3 aliphatic rings. The van der Waals surface area contributed by atoms with Crippen molar-refractivity contribution in [1.29, 1.82) is 0 Å². The molecule has 7 aromatic carbocycles. The number of benzene rings is 7. The molecule has 0 bridgehead atoms. The number of nitrogens with zero attached hydrogens (tertiary/aromatic N) is 1. The number of rotatable bonds is 4. The van der Waals surface area contributed by atoms with Gasteiger partial charge in [-0.2, -0.15) is 0 Å². The van der Waals surface area contributed by atoms with Crippen LogP contribution in [0, 0.1) is 0 Å². The Labute approximate surface area is 365 Å². The van der Waals surface area contributed by atoms with E-state index in [2.05, 4.69) is 240 Å². The van der Waals surface area contributed by atoms with Gasteiger partial charge in [0.15, 0.2) is 0 Å². The molecule has 1 nitrogen and oxygen atoms in total. The summed E-state index contributed by atoms with van der Waals surface area (Å²) in [6.45, 7) is 29.2. The van der Waals surface area contributed by atoms with Crippen molar-refractivity contribution in [3.63, 3.8) is 0 Å². The van der Waals surface area contributed by atoms with Crippen molar-refractivity contribution in [3.8, 4) is 44.5 Å². The van der Waals surface area contributed by atoms with Crippen molar-refractivity contribution < 1.29 is 0 Å². The molecule has 0 fully saturated rings. The Hall–Kier alpha value is -5.66. The average molecular weight is 796 g/mol. The highest BCUT2D eigenvalue weighted by molar-refractivity contribution is 5.93. The lowest BCUT2D eigenvalue weighted by atomic mass is 9.55. The van der Waals surface area contributed by atoms with E-state index in [0.29, 0.717) is 0 Å². The number of anilines is 3. The summed E-state index contributed by atoms with van der Waals surface area (Å²) in [5.41, 5.74) is 22.0. The van der Waals surface area contributed by atoms with E-state index in [1.165, 1.54) is 95.0 Å². The Morgan fingerprint density at radius 2 is 0.639 bits per heavy atom. The first-order chi connectivity index (χ1) is 28.8. The summed E-state index contributed by atoms with van der Waals surface area (Å²) >= 11 is 0. The van der Waals surface area contributed by atoms with Crippen molar-refractivity contribution in [2.75, 3.05) is 4.90 Å². The third-order valence-electron chi connectivity index (χ3n) is 17.4. The quantitative estimate of drug-likeness (QED) is 0.172. The first-order valence-corrected chi connectivity index (χ1v) is 22.4. The molecule has 0 spiro atoms. The maximum Gasteiger partial charge on any atom is 0.0468 e. The molecule has 0 heterocycles. The summed E-state index contributed by atoms with van der Waals surface area (Å²) in [4.78, 5) is 2.55. The van der Waals surface area contributed by atoms with Crippen LogP contribution in [-0.2, 0) is 32.5 Å². The Morgan fingerprint density at radius 1 is 0.262 bits per heavy atom. The first-order valence-electron chi connectivity index (χ1n) is 22.4. The summed E-state index contributed by atoms with van der Waals surface area (Å²) in [7, 11) is 0. The molecule has 10 rings (SSSR count). The van der Waals surface area contributed by atoms with Gasteiger partial charge in [-0.15, -0.1) is 0 Å². The molecule has 0 amide bonds. The van der Waals surface area contributed by atoms with Gasteiger partial charge in [0.2, 0.25) is 0 Å². The molecule has 3 aliphatic carbocycles. The Kier molecular flexibility index (Phi) is 8.37. The van der Waals surface area contributed by atoms with Crippen molar-refractivity contribution >= 4 is 17.1 Å². The van der Waals surface area contributed by atoms with Gasteiger partial charge in [0, 0.05) is 17.1 Å². The largest absolute Gasteiger partial charge is 0.310 e. The van der Waals surface area contributed by atoms with Gasteiger partial charge in [0.1, 0.15) is 0 Å². The SMILES string of the molecule is CC1(C)c2ccccc2-c2cc(N(c3ccc4c(c3)-c3ccccc3C(C)(C)C4(C)C)c3ccc4c(c3)C(C)(C)C(C)(C)c3cccc(-c5ccccc5)c3-4)ccc2C1(C)C. The van der Waals surface area contributed by atoms with Crippen LogP contribution in [0.4, 0.5) is 17.1 Å². The highest BCUT2D eigenvalue weighted by atomic mass is 15.1. The van der Waals surface area contributed by atoms with Gasteiger partial charge in [-0.1, -0.05) is 198 Å². The molecule has 306 valence electrons. The van der Waals surface area contributed by atoms with E-state index in [1.807, 2.05) is 0 Å². The van der Waals surface area contributed by atoms with Crippen LogP contribution in [0.5, 0.6) is 0 Å².